The van der Waals surface area contributed by atoms with Gasteiger partial charge in [-0.25, -0.2) is 0 Å². The van der Waals surface area contributed by atoms with Gasteiger partial charge in [0.25, 0.3) is 0 Å². The van der Waals surface area contributed by atoms with Gasteiger partial charge < -0.3 is 0 Å². The van der Waals surface area contributed by atoms with Crippen LogP contribution in [-0.4, -0.2) is 5.78 Å². The Hall–Kier alpha value is -0.850. The Kier molecular flexibility index (Phi) is 3.68. The van der Waals surface area contributed by atoms with Crippen LogP contribution in [0.4, 0.5) is 0 Å². The molecule has 0 radical (unpaired) electrons. The van der Waals surface area contributed by atoms with Crippen molar-refractivity contribution < 1.29 is 4.79 Å². The molecule has 0 aromatic heterocycles. The Morgan fingerprint density at radius 1 is 1.57 bits per heavy atom. The topological polar surface area (TPSA) is 17.1 Å². The summed E-state index contributed by atoms with van der Waals surface area (Å²) in [7, 11) is 0. The van der Waals surface area contributed by atoms with Crippen LogP contribution >= 0.6 is 0 Å². The largest absolute Gasteiger partial charge is 0.299 e. The van der Waals surface area contributed by atoms with Crippen molar-refractivity contribution in [3.63, 3.8) is 0 Å². The van der Waals surface area contributed by atoms with Crippen molar-refractivity contribution in [1.82, 2.24) is 0 Å². The van der Waals surface area contributed by atoms with Crippen LogP contribution < -0.4 is 0 Å². The fraction of sp³-hybridized carbons (Fsp3) is 0.615. The third kappa shape index (κ3) is 2.34. The molecule has 0 spiro atoms. The monoisotopic (exact) mass is 192 g/mol. The maximum atomic E-state index is 11.4. The first kappa shape index (κ1) is 11.2. The zero-order valence-corrected chi connectivity index (χ0v) is 9.52. The van der Waals surface area contributed by atoms with Gasteiger partial charge in [-0.15, -0.1) is 0 Å². The fourth-order valence-electron chi connectivity index (χ4n) is 2.15. The van der Waals surface area contributed by atoms with Crippen LogP contribution in [-0.2, 0) is 4.79 Å². The molecule has 0 fully saturated rings. The highest BCUT2D eigenvalue weighted by Gasteiger charge is 2.24. The molecule has 1 atom stereocenters. The lowest BCUT2D eigenvalue weighted by Gasteiger charge is -2.14. The number of hydrogen-bond acceptors (Lipinski definition) is 1. The lowest BCUT2D eigenvalue weighted by molar-refractivity contribution is -0.118. The molecule has 0 amide bonds. The Labute approximate surface area is 86.9 Å². The van der Waals surface area contributed by atoms with Crippen LogP contribution in [0.15, 0.2) is 23.3 Å². The Morgan fingerprint density at radius 3 is 2.71 bits per heavy atom. The summed E-state index contributed by atoms with van der Waals surface area (Å²) in [6.07, 6.45) is 3.61. The minimum atomic E-state index is 0.354. The van der Waals surface area contributed by atoms with Crippen molar-refractivity contribution in [2.45, 2.75) is 46.5 Å². The molecule has 0 aromatic carbocycles. The van der Waals surface area contributed by atoms with Crippen LogP contribution in [0.1, 0.15) is 46.5 Å². The van der Waals surface area contributed by atoms with Gasteiger partial charge in [-0.3, -0.25) is 4.79 Å². The van der Waals surface area contributed by atoms with E-state index in [9.17, 15) is 4.79 Å². The summed E-state index contributed by atoms with van der Waals surface area (Å²) in [5, 5.41) is 0. The summed E-state index contributed by atoms with van der Waals surface area (Å²) in [6.45, 7) is 10.2. The maximum Gasteiger partial charge on any atom is 0.136 e. The van der Waals surface area contributed by atoms with Gasteiger partial charge in [-0.05, 0) is 26.7 Å². The second-order valence-corrected chi connectivity index (χ2v) is 4.31. The van der Waals surface area contributed by atoms with Gasteiger partial charge in [0.1, 0.15) is 5.78 Å². The van der Waals surface area contributed by atoms with Gasteiger partial charge in [0.15, 0.2) is 0 Å². The molecular formula is C13H20O. The molecular weight excluding hydrogens is 172 g/mol. The zero-order valence-electron chi connectivity index (χ0n) is 9.52. The molecule has 1 heteroatoms. The zero-order chi connectivity index (χ0) is 10.7. The van der Waals surface area contributed by atoms with E-state index in [1.165, 1.54) is 16.7 Å². The molecule has 14 heavy (non-hydrogen) atoms. The van der Waals surface area contributed by atoms with E-state index in [0.717, 1.165) is 12.8 Å². The summed E-state index contributed by atoms with van der Waals surface area (Å²) < 4.78 is 0. The van der Waals surface area contributed by atoms with E-state index in [1.54, 1.807) is 0 Å². The van der Waals surface area contributed by atoms with Gasteiger partial charge in [0, 0.05) is 18.8 Å². The second-order valence-electron chi connectivity index (χ2n) is 4.31. The minimum absolute atomic E-state index is 0.354. The van der Waals surface area contributed by atoms with Gasteiger partial charge in [-0.1, -0.05) is 30.2 Å². The summed E-state index contributed by atoms with van der Waals surface area (Å²) in [5.74, 6) is 0.831. The van der Waals surface area contributed by atoms with E-state index in [2.05, 4.69) is 20.4 Å². The number of Topliss-reactive ketones (excluding diaryl/α,β-unsaturated/α-hetero) is 1. The standard InChI is InChI=1S/C13H20O/c1-5-11(14)8-13-10(4)6-7-12(13)9(2)3/h12H,2,5-8H2,1,3-4H3. The van der Waals surface area contributed by atoms with Crippen molar-refractivity contribution >= 4 is 5.78 Å². The molecule has 78 valence electrons. The van der Waals surface area contributed by atoms with E-state index >= 15 is 0 Å². The smallest absolute Gasteiger partial charge is 0.136 e. The molecule has 0 saturated heterocycles. The average molecular weight is 192 g/mol. The van der Waals surface area contributed by atoms with Crippen LogP contribution in [0.5, 0.6) is 0 Å². The molecule has 1 rings (SSSR count). The number of allylic oxidation sites excluding steroid dienone is 3. The predicted octanol–water partition coefficient (Wildman–Crippen LogP) is 3.66. The molecule has 0 heterocycles. The van der Waals surface area contributed by atoms with E-state index < -0.39 is 0 Å². The normalized spacial score (nSPS) is 21.5. The highest BCUT2D eigenvalue weighted by atomic mass is 16.1. The Morgan fingerprint density at radius 2 is 2.21 bits per heavy atom. The predicted molar refractivity (Wildman–Crippen MR) is 60.2 cm³/mol. The van der Waals surface area contributed by atoms with Crippen LogP contribution in [0.25, 0.3) is 0 Å². The quantitative estimate of drug-likeness (QED) is 0.621. The van der Waals surface area contributed by atoms with E-state index in [4.69, 9.17) is 0 Å². The fourth-order valence-corrected chi connectivity index (χ4v) is 2.15. The maximum absolute atomic E-state index is 11.4. The van der Waals surface area contributed by atoms with Gasteiger partial charge >= 0.3 is 0 Å². The summed E-state index contributed by atoms with van der Waals surface area (Å²) in [5.41, 5.74) is 3.98. The van der Waals surface area contributed by atoms with E-state index in [0.29, 0.717) is 24.5 Å². The van der Waals surface area contributed by atoms with Crippen molar-refractivity contribution in [1.29, 1.82) is 0 Å². The first-order chi connectivity index (χ1) is 6.56. The lowest BCUT2D eigenvalue weighted by atomic mass is 9.90. The number of carbonyl (C=O) groups is 1. The van der Waals surface area contributed by atoms with Crippen LogP contribution in [0.2, 0.25) is 0 Å². The van der Waals surface area contributed by atoms with Crippen molar-refractivity contribution in [2.24, 2.45) is 5.92 Å². The molecule has 0 saturated carbocycles. The summed E-state index contributed by atoms with van der Waals surface area (Å²) in [6, 6.07) is 0. The lowest BCUT2D eigenvalue weighted by Crippen LogP contribution is -2.06. The van der Waals surface area contributed by atoms with Crippen LogP contribution in [0, 0.1) is 5.92 Å². The van der Waals surface area contributed by atoms with Gasteiger partial charge in [-0.2, -0.15) is 0 Å². The van der Waals surface area contributed by atoms with Crippen molar-refractivity contribution in [3.05, 3.63) is 23.3 Å². The Bertz CT molecular complexity index is 284. The molecule has 0 aliphatic heterocycles. The molecule has 1 nitrogen and oxygen atoms in total. The van der Waals surface area contributed by atoms with E-state index in [1.807, 2.05) is 6.92 Å². The third-order valence-corrected chi connectivity index (χ3v) is 3.15. The first-order valence-corrected chi connectivity index (χ1v) is 5.41. The molecule has 0 N–H and O–H groups in total. The highest BCUT2D eigenvalue weighted by molar-refractivity contribution is 5.81. The molecule has 0 aromatic rings. The average Bonchev–Trinajstić information content (AvgIpc) is 2.48. The highest BCUT2D eigenvalue weighted by Crippen LogP contribution is 2.37. The summed E-state index contributed by atoms with van der Waals surface area (Å²) in [4.78, 5) is 11.4. The van der Waals surface area contributed by atoms with E-state index in [-0.39, 0.29) is 0 Å². The third-order valence-electron chi connectivity index (χ3n) is 3.15. The van der Waals surface area contributed by atoms with Crippen molar-refractivity contribution in [2.75, 3.05) is 0 Å². The number of carbonyl (C=O) groups excluding carboxylic acids is 1. The molecule has 1 aliphatic rings. The summed E-state index contributed by atoms with van der Waals surface area (Å²) >= 11 is 0. The minimum Gasteiger partial charge on any atom is -0.299 e. The Balaban J connectivity index is 2.76. The first-order valence-electron chi connectivity index (χ1n) is 5.41. The number of rotatable bonds is 4. The second kappa shape index (κ2) is 4.59. The number of hydrogen-bond donors (Lipinski definition) is 0. The SMILES string of the molecule is C=C(C)C1CCC(C)=C1CC(=O)CC. The van der Waals surface area contributed by atoms with Crippen LogP contribution in [0.3, 0.4) is 0 Å². The molecule has 1 unspecified atom stereocenters. The number of ketones is 1. The molecule has 0 bridgehead atoms. The van der Waals surface area contributed by atoms with Crippen molar-refractivity contribution in [3.8, 4) is 0 Å². The van der Waals surface area contributed by atoms with Gasteiger partial charge in [0.05, 0.1) is 0 Å². The molecule has 1 aliphatic carbocycles. The van der Waals surface area contributed by atoms with Gasteiger partial charge in [0.2, 0.25) is 0 Å².